The van der Waals surface area contributed by atoms with Gasteiger partial charge in [0.2, 0.25) is 5.95 Å². The highest BCUT2D eigenvalue weighted by molar-refractivity contribution is 6.31. The van der Waals surface area contributed by atoms with Gasteiger partial charge in [-0.25, -0.2) is 4.52 Å². The van der Waals surface area contributed by atoms with Gasteiger partial charge in [-0.05, 0) is 42.7 Å². The molecule has 0 aliphatic heterocycles. The maximum absolute atomic E-state index is 6.18. The molecule has 2 N–H and O–H groups in total. The summed E-state index contributed by atoms with van der Waals surface area (Å²) < 4.78 is 1.69. The third-order valence-electron chi connectivity index (χ3n) is 3.25. The fourth-order valence-electron chi connectivity index (χ4n) is 2.22. The maximum atomic E-state index is 6.18. The number of anilines is 1. The highest BCUT2D eigenvalue weighted by Gasteiger charge is 2.10. The summed E-state index contributed by atoms with van der Waals surface area (Å²) in [7, 11) is 0. The van der Waals surface area contributed by atoms with Crippen LogP contribution in [0.3, 0.4) is 0 Å². The molecule has 2 heterocycles. The Labute approximate surface area is 115 Å². The minimum absolute atomic E-state index is 0.277. The zero-order valence-electron chi connectivity index (χ0n) is 10.7. The Morgan fingerprint density at radius 1 is 1.21 bits per heavy atom. The van der Waals surface area contributed by atoms with Crippen molar-refractivity contribution in [3.63, 3.8) is 0 Å². The number of nitrogens with two attached hydrogens (primary N) is 1. The number of nitrogen functional groups attached to an aromatic ring is 1. The van der Waals surface area contributed by atoms with E-state index in [4.69, 9.17) is 17.3 Å². The van der Waals surface area contributed by atoms with Crippen molar-refractivity contribution in [2.75, 3.05) is 5.73 Å². The number of pyridine rings is 1. The van der Waals surface area contributed by atoms with Crippen molar-refractivity contribution in [1.82, 2.24) is 14.6 Å². The molecule has 0 amide bonds. The molecule has 0 atom stereocenters. The molecule has 3 aromatic rings. The first-order chi connectivity index (χ1) is 9.06. The summed E-state index contributed by atoms with van der Waals surface area (Å²) in [4.78, 5) is 4.15. The van der Waals surface area contributed by atoms with Gasteiger partial charge in [-0.1, -0.05) is 23.7 Å². The Balaban J connectivity index is 2.29. The molecule has 0 saturated carbocycles. The topological polar surface area (TPSA) is 56.2 Å². The Hall–Kier alpha value is -2.07. The predicted octanol–water partition coefficient (Wildman–Crippen LogP) is 3.25. The van der Waals surface area contributed by atoms with E-state index in [-0.39, 0.29) is 5.95 Å². The zero-order valence-corrected chi connectivity index (χ0v) is 11.4. The Morgan fingerprint density at radius 2 is 2.00 bits per heavy atom. The van der Waals surface area contributed by atoms with E-state index in [1.165, 1.54) is 0 Å². The molecule has 4 nitrogen and oxygen atoms in total. The minimum Gasteiger partial charge on any atom is -0.366 e. The van der Waals surface area contributed by atoms with Crippen LogP contribution in [-0.4, -0.2) is 14.6 Å². The summed E-state index contributed by atoms with van der Waals surface area (Å²) in [5.41, 5.74) is 10.7. The predicted molar refractivity (Wildman–Crippen MR) is 77.3 cm³/mol. The van der Waals surface area contributed by atoms with Gasteiger partial charge in [0, 0.05) is 16.8 Å². The number of aryl methyl sites for hydroxylation is 1. The van der Waals surface area contributed by atoms with Gasteiger partial charge < -0.3 is 5.73 Å². The Kier molecular flexibility index (Phi) is 2.68. The van der Waals surface area contributed by atoms with Crippen LogP contribution in [0.2, 0.25) is 5.02 Å². The van der Waals surface area contributed by atoms with Crippen LogP contribution in [0.15, 0.2) is 30.5 Å². The molecule has 19 heavy (non-hydrogen) atoms. The summed E-state index contributed by atoms with van der Waals surface area (Å²) in [5, 5.41) is 4.90. The van der Waals surface area contributed by atoms with Gasteiger partial charge in [0.05, 0.1) is 0 Å². The number of aromatic nitrogens is 3. The van der Waals surface area contributed by atoms with Crippen molar-refractivity contribution in [1.29, 1.82) is 0 Å². The molecule has 0 unspecified atom stereocenters. The van der Waals surface area contributed by atoms with Crippen LogP contribution < -0.4 is 5.73 Å². The molecule has 1 aromatic carbocycles. The zero-order chi connectivity index (χ0) is 13.6. The molecule has 0 bridgehead atoms. The molecule has 0 saturated heterocycles. The molecule has 3 rings (SSSR count). The van der Waals surface area contributed by atoms with Gasteiger partial charge >= 0.3 is 0 Å². The van der Waals surface area contributed by atoms with E-state index in [1.807, 2.05) is 38.2 Å². The SMILES string of the molecule is Cc1cc2nc(N)nn2cc1-c1cccc(Cl)c1C. The number of rotatable bonds is 1. The summed E-state index contributed by atoms with van der Waals surface area (Å²) in [6.07, 6.45) is 1.94. The third-order valence-corrected chi connectivity index (χ3v) is 3.66. The van der Waals surface area contributed by atoms with Gasteiger partial charge in [-0.15, -0.1) is 5.10 Å². The molecule has 5 heteroatoms. The van der Waals surface area contributed by atoms with Gasteiger partial charge in [-0.3, -0.25) is 0 Å². The minimum atomic E-state index is 0.277. The number of benzene rings is 1. The highest BCUT2D eigenvalue weighted by Crippen LogP contribution is 2.30. The van der Waals surface area contributed by atoms with Crippen LogP contribution in [0.4, 0.5) is 5.95 Å². The van der Waals surface area contributed by atoms with Crippen LogP contribution in [-0.2, 0) is 0 Å². The van der Waals surface area contributed by atoms with Crippen LogP contribution in [0.25, 0.3) is 16.8 Å². The average Bonchev–Trinajstić information content (AvgIpc) is 2.71. The molecule has 2 aromatic heterocycles. The lowest BCUT2D eigenvalue weighted by molar-refractivity contribution is 0.966. The number of nitrogens with zero attached hydrogens (tertiary/aromatic N) is 3. The monoisotopic (exact) mass is 272 g/mol. The number of hydrogen-bond acceptors (Lipinski definition) is 3. The van der Waals surface area contributed by atoms with Crippen molar-refractivity contribution in [3.05, 3.63) is 46.6 Å². The standard InChI is InChI=1S/C14H13ClN4/c1-8-6-13-17-14(16)18-19(13)7-11(8)10-4-3-5-12(15)9(10)2/h3-7H,1-2H3,(H2,16,18). The second kappa shape index (κ2) is 4.24. The average molecular weight is 273 g/mol. The van der Waals surface area contributed by atoms with Crippen molar-refractivity contribution in [3.8, 4) is 11.1 Å². The number of fused-ring (bicyclic) bond motifs is 1. The maximum Gasteiger partial charge on any atom is 0.240 e. The number of halogens is 1. The van der Waals surface area contributed by atoms with Crippen LogP contribution in [0.5, 0.6) is 0 Å². The van der Waals surface area contributed by atoms with Crippen molar-refractivity contribution in [2.24, 2.45) is 0 Å². The van der Waals surface area contributed by atoms with Gasteiger partial charge in [0.25, 0.3) is 0 Å². The highest BCUT2D eigenvalue weighted by atomic mass is 35.5. The van der Waals surface area contributed by atoms with Gasteiger partial charge in [-0.2, -0.15) is 4.98 Å². The fourth-order valence-corrected chi connectivity index (χ4v) is 2.40. The fraction of sp³-hybridized carbons (Fsp3) is 0.143. The quantitative estimate of drug-likeness (QED) is 0.740. The second-order valence-corrected chi connectivity index (χ2v) is 4.96. The first-order valence-electron chi connectivity index (χ1n) is 5.94. The van der Waals surface area contributed by atoms with Gasteiger partial charge in [0.15, 0.2) is 5.65 Å². The number of hydrogen-bond donors (Lipinski definition) is 1. The largest absolute Gasteiger partial charge is 0.366 e. The first-order valence-corrected chi connectivity index (χ1v) is 6.32. The molecule has 0 spiro atoms. The van der Waals surface area contributed by atoms with E-state index in [0.29, 0.717) is 0 Å². The van der Waals surface area contributed by atoms with E-state index in [0.717, 1.165) is 32.9 Å². The van der Waals surface area contributed by atoms with E-state index < -0.39 is 0 Å². The van der Waals surface area contributed by atoms with E-state index in [1.54, 1.807) is 4.52 Å². The van der Waals surface area contributed by atoms with Crippen molar-refractivity contribution < 1.29 is 0 Å². The van der Waals surface area contributed by atoms with Gasteiger partial charge in [0.1, 0.15) is 0 Å². The molecular formula is C14H13ClN4. The summed E-state index contributed by atoms with van der Waals surface area (Å²) in [6.45, 7) is 4.05. The Bertz CT molecular complexity index is 776. The molecule has 96 valence electrons. The summed E-state index contributed by atoms with van der Waals surface area (Å²) >= 11 is 6.18. The molecular weight excluding hydrogens is 260 g/mol. The van der Waals surface area contributed by atoms with E-state index in [2.05, 4.69) is 16.1 Å². The normalized spacial score (nSPS) is 11.1. The lowest BCUT2D eigenvalue weighted by Crippen LogP contribution is -1.94. The van der Waals surface area contributed by atoms with Crippen LogP contribution in [0, 0.1) is 13.8 Å². The smallest absolute Gasteiger partial charge is 0.240 e. The third kappa shape index (κ3) is 1.94. The van der Waals surface area contributed by atoms with E-state index >= 15 is 0 Å². The molecule has 0 aliphatic carbocycles. The van der Waals surface area contributed by atoms with Crippen LogP contribution in [0.1, 0.15) is 11.1 Å². The molecule has 0 fully saturated rings. The Morgan fingerprint density at radius 3 is 2.79 bits per heavy atom. The van der Waals surface area contributed by atoms with Crippen molar-refractivity contribution in [2.45, 2.75) is 13.8 Å². The van der Waals surface area contributed by atoms with Crippen LogP contribution >= 0.6 is 11.6 Å². The van der Waals surface area contributed by atoms with Crippen molar-refractivity contribution >= 4 is 23.2 Å². The summed E-state index contributed by atoms with van der Waals surface area (Å²) in [5.74, 6) is 0.277. The summed E-state index contributed by atoms with van der Waals surface area (Å²) in [6, 6.07) is 7.86. The lowest BCUT2D eigenvalue weighted by Gasteiger charge is -2.10. The van der Waals surface area contributed by atoms with E-state index in [9.17, 15) is 0 Å². The lowest BCUT2D eigenvalue weighted by atomic mass is 9.98. The molecule has 0 radical (unpaired) electrons. The molecule has 0 aliphatic rings. The first kappa shape index (κ1) is 12.0. The second-order valence-electron chi connectivity index (χ2n) is 4.56.